The Kier molecular flexibility index (Phi) is 15.0. The molecule has 0 fully saturated rings. The average Bonchev–Trinajstić information content (AvgIpc) is 2.35. The van der Waals surface area contributed by atoms with Crippen molar-refractivity contribution in [3.63, 3.8) is 0 Å². The predicted molar refractivity (Wildman–Crippen MR) is 35.8 cm³/mol. The summed E-state index contributed by atoms with van der Waals surface area (Å²) in [7, 11) is 1.15. The third kappa shape index (κ3) is 15.5. The van der Waals surface area contributed by atoms with E-state index >= 15 is 0 Å². The molecule has 0 rings (SSSR count). The van der Waals surface area contributed by atoms with Crippen molar-refractivity contribution in [3.8, 4) is 0 Å². The Hall–Kier alpha value is -0.520. The van der Waals surface area contributed by atoms with Gasteiger partial charge in [0.15, 0.2) is 0 Å². The Morgan fingerprint density at radius 2 is 1.24 bits per heavy atom. The molecule has 0 aromatic carbocycles. The normalized spacial score (nSPS) is 10.9. The highest BCUT2D eigenvalue weighted by atomic mass is 17.9. The van der Waals surface area contributed by atoms with E-state index in [4.69, 9.17) is 5.11 Å². The third-order valence-electron chi connectivity index (χ3n) is 0.650. The fraction of sp³-hybridized carbons (Fsp3) is 1.00. The summed E-state index contributed by atoms with van der Waals surface area (Å²) in [5, 5.41) is 38.1. The Balaban J connectivity index is 2.85. The minimum atomic E-state index is -0.599. The summed E-state index contributed by atoms with van der Waals surface area (Å²) in [4.78, 5) is 16.2. The van der Waals surface area contributed by atoms with E-state index in [1.807, 2.05) is 0 Å². The zero-order chi connectivity index (χ0) is 12.6. The molecule has 0 heterocycles. The molecule has 0 aromatic heterocycles. The van der Waals surface area contributed by atoms with Gasteiger partial charge in [-0.25, -0.2) is 9.78 Å². The van der Waals surface area contributed by atoms with Gasteiger partial charge in [0.25, 0.3) is 0 Å². The van der Waals surface area contributed by atoms with Crippen LogP contribution in [-0.4, -0.2) is 32.2 Å². The lowest BCUT2D eigenvalue weighted by Crippen LogP contribution is -2.06. The van der Waals surface area contributed by atoms with Gasteiger partial charge in [0.2, 0.25) is 6.79 Å². The molecule has 1 N–H and O–H groups in total. The van der Waals surface area contributed by atoms with Gasteiger partial charge in [0.1, 0.15) is 6.61 Å². The second-order valence-electron chi connectivity index (χ2n) is 1.61. The van der Waals surface area contributed by atoms with E-state index < -0.39 is 6.79 Å². The van der Waals surface area contributed by atoms with Gasteiger partial charge in [-0.2, -0.15) is 9.78 Å². The molecule has 0 radical (unpaired) electrons. The van der Waals surface area contributed by atoms with Gasteiger partial charge in [-0.1, -0.05) is 0 Å². The van der Waals surface area contributed by atoms with Crippen molar-refractivity contribution in [2.24, 2.45) is 0 Å². The van der Waals surface area contributed by atoms with Crippen LogP contribution in [0, 0.1) is 0 Å². The first-order chi connectivity index (χ1) is 8.41. The molecule has 0 amide bonds. The lowest BCUT2D eigenvalue weighted by molar-refractivity contribution is -0.795. The highest BCUT2D eigenvalue weighted by molar-refractivity contribution is 4.10. The van der Waals surface area contributed by atoms with E-state index in [2.05, 4.69) is 59.9 Å². The van der Waals surface area contributed by atoms with E-state index in [9.17, 15) is 0 Å². The summed E-state index contributed by atoms with van der Waals surface area (Å²) >= 11 is 0. The van der Waals surface area contributed by atoms with E-state index in [0.29, 0.717) is 0 Å². The Morgan fingerprint density at radius 1 is 0.706 bits per heavy atom. The number of hydrogen-bond donors (Lipinski definition) is 1. The van der Waals surface area contributed by atoms with Crippen molar-refractivity contribution in [3.05, 3.63) is 0 Å². The maximum Gasteiger partial charge on any atom is 0.221 e. The smallest absolute Gasteiger partial charge is 0.221 e. The lowest BCUT2D eigenvalue weighted by Gasteiger charge is -2.01. The maximum absolute atomic E-state index is 8.22. The van der Waals surface area contributed by atoms with Crippen molar-refractivity contribution in [2.75, 3.05) is 27.1 Å². The summed E-state index contributed by atoms with van der Waals surface area (Å²) in [5.74, 6) is 0. The van der Waals surface area contributed by atoms with Crippen LogP contribution in [0.15, 0.2) is 0 Å². The molecule has 0 saturated carbocycles. The first kappa shape index (κ1) is 16.5. The fourth-order valence-corrected chi connectivity index (χ4v) is 0.262. The predicted octanol–water partition coefficient (Wildman–Crippen LogP) is -1.08. The number of aliphatic hydroxyl groups is 1. The van der Waals surface area contributed by atoms with Crippen LogP contribution in [0.4, 0.5) is 0 Å². The Labute approximate surface area is 93.3 Å². The van der Waals surface area contributed by atoms with Gasteiger partial charge in [-0.15, -0.1) is 0 Å². The highest BCUT2D eigenvalue weighted by Gasteiger charge is 1.95. The van der Waals surface area contributed by atoms with Crippen LogP contribution in [0.5, 0.6) is 0 Å². The molecule has 17 heavy (non-hydrogen) atoms. The van der Waals surface area contributed by atoms with Gasteiger partial charge in [0.05, 0.1) is 13.7 Å². The topological polar surface area (TPSA) is 131 Å². The van der Waals surface area contributed by atoms with E-state index in [1.165, 1.54) is 0 Å². The molecule has 104 valence electrons. The second kappa shape index (κ2) is 15.5. The minimum Gasteiger partial charge on any atom is -0.394 e. The zero-order valence-corrected chi connectivity index (χ0v) is 8.47. The molecule has 0 aromatic rings. The molecule has 13 nitrogen and oxygen atoms in total. The minimum absolute atomic E-state index is 0.113. The summed E-state index contributed by atoms with van der Waals surface area (Å²) in [6.45, 7) is -0.969. The van der Waals surface area contributed by atoms with Crippen molar-refractivity contribution in [2.45, 2.75) is 0 Å². The highest BCUT2D eigenvalue weighted by Crippen LogP contribution is 1.89. The van der Waals surface area contributed by atoms with Gasteiger partial charge < -0.3 is 5.11 Å². The van der Waals surface area contributed by atoms with Crippen molar-refractivity contribution < 1.29 is 65.0 Å². The van der Waals surface area contributed by atoms with Gasteiger partial charge in [-0.3, -0.25) is 0 Å². The fourth-order valence-electron chi connectivity index (χ4n) is 0.262. The van der Waals surface area contributed by atoms with Crippen LogP contribution in [0.3, 0.4) is 0 Å². The lowest BCUT2D eigenvalue weighted by atomic mass is 10.8. The summed E-state index contributed by atoms with van der Waals surface area (Å²) in [6.07, 6.45) is 0. The molecule has 0 saturated heterocycles. The SMILES string of the molecule is COOOOOOOCOOOOOCCO. The maximum atomic E-state index is 8.22. The molecular formula is C4H10O13. The van der Waals surface area contributed by atoms with E-state index in [-0.39, 0.29) is 13.2 Å². The number of hydrogen-bond acceptors (Lipinski definition) is 13. The van der Waals surface area contributed by atoms with E-state index in [0.717, 1.165) is 7.11 Å². The van der Waals surface area contributed by atoms with Crippen LogP contribution in [0.2, 0.25) is 0 Å². The van der Waals surface area contributed by atoms with Crippen LogP contribution >= 0.6 is 0 Å². The van der Waals surface area contributed by atoms with Crippen LogP contribution in [0.25, 0.3) is 0 Å². The Bertz CT molecular complexity index is 117. The van der Waals surface area contributed by atoms with Crippen LogP contribution in [-0.2, 0) is 59.9 Å². The molecule has 0 spiro atoms. The first-order valence-corrected chi connectivity index (χ1v) is 3.76. The van der Waals surface area contributed by atoms with Crippen LogP contribution in [0.1, 0.15) is 0 Å². The molecule has 0 unspecified atom stereocenters. The molecule has 0 aliphatic heterocycles. The van der Waals surface area contributed by atoms with Crippen molar-refractivity contribution >= 4 is 0 Å². The molecular weight excluding hydrogens is 256 g/mol. The number of rotatable bonds is 14. The van der Waals surface area contributed by atoms with Crippen molar-refractivity contribution in [1.82, 2.24) is 0 Å². The Morgan fingerprint density at radius 3 is 1.88 bits per heavy atom. The first-order valence-electron chi connectivity index (χ1n) is 3.76. The monoisotopic (exact) mass is 266 g/mol. The van der Waals surface area contributed by atoms with E-state index in [1.54, 1.807) is 0 Å². The molecule has 0 aliphatic rings. The summed E-state index contributed by atoms with van der Waals surface area (Å²) in [6, 6.07) is 0. The van der Waals surface area contributed by atoms with Gasteiger partial charge >= 0.3 is 0 Å². The molecule has 0 aliphatic carbocycles. The van der Waals surface area contributed by atoms with Crippen molar-refractivity contribution in [1.29, 1.82) is 0 Å². The summed E-state index contributed by atoms with van der Waals surface area (Å²) in [5.41, 5.74) is 0. The molecule has 13 heteroatoms. The average molecular weight is 266 g/mol. The molecule has 0 bridgehead atoms. The largest absolute Gasteiger partial charge is 0.394 e. The standard InChI is InChI=1S/C4H10O13/c1-6-10-14-17-16-13-9-4-8-12-15-11-7-3-2-5/h5H,2-4H2,1H3. The quantitative estimate of drug-likeness (QED) is 0.177. The van der Waals surface area contributed by atoms with Gasteiger partial charge in [-0.05, 0) is 40.3 Å². The zero-order valence-electron chi connectivity index (χ0n) is 8.47. The summed E-state index contributed by atoms with van der Waals surface area (Å²) < 4.78 is 0. The molecule has 0 atom stereocenters. The van der Waals surface area contributed by atoms with Gasteiger partial charge in [0, 0.05) is 0 Å². The third-order valence-corrected chi connectivity index (χ3v) is 0.650. The second-order valence-corrected chi connectivity index (χ2v) is 1.61. The number of aliphatic hydroxyl groups excluding tert-OH is 1. The van der Waals surface area contributed by atoms with Crippen LogP contribution < -0.4 is 0 Å².